The molecule has 1 heterocycles. The summed E-state index contributed by atoms with van der Waals surface area (Å²) in [4.78, 5) is 24.0. The number of rotatable bonds is 2. The second-order valence-corrected chi connectivity index (χ2v) is 3.91. The van der Waals surface area contributed by atoms with E-state index < -0.39 is 11.9 Å². The number of carboxylic acids is 1. The molecule has 2 N–H and O–H groups in total. The largest absolute Gasteiger partial charge is 0.481 e. The van der Waals surface area contributed by atoms with E-state index in [0.717, 1.165) is 0 Å². The van der Waals surface area contributed by atoms with Crippen LogP contribution in [0.25, 0.3) is 0 Å². The maximum Gasteiger partial charge on any atom is 0.318 e. The molecule has 1 fully saturated rings. The molecule has 16 heavy (non-hydrogen) atoms. The molecule has 0 aromatic rings. The number of carbonyl (C=O) groups is 2. The van der Waals surface area contributed by atoms with Crippen molar-refractivity contribution in [3.63, 3.8) is 0 Å². The Labute approximate surface area is 94.8 Å². The zero-order valence-electron chi connectivity index (χ0n) is 9.49. The highest BCUT2D eigenvalue weighted by Gasteiger charge is 2.36. The van der Waals surface area contributed by atoms with Crippen molar-refractivity contribution in [3.8, 4) is 11.8 Å². The van der Waals surface area contributed by atoms with Crippen molar-refractivity contribution in [2.75, 3.05) is 19.6 Å². The first-order valence-electron chi connectivity index (χ1n) is 5.21. The summed E-state index contributed by atoms with van der Waals surface area (Å²) in [5.41, 5.74) is 0. The standard InChI is InChI=1S/C11H16N2O3/c1-3-4-5-12-11(16)13-6-8(2)9(7-13)10(14)15/h8-9H,5-7H2,1-2H3,(H,12,16)(H,14,15)/t8-,9-/m1/s1. The zero-order chi connectivity index (χ0) is 12.1. The first kappa shape index (κ1) is 12.4. The number of carbonyl (C=O) groups excluding carboxylic acids is 1. The molecule has 2 amide bonds. The number of amides is 2. The highest BCUT2D eigenvalue weighted by molar-refractivity contribution is 5.77. The molecule has 0 aromatic heterocycles. The lowest BCUT2D eigenvalue weighted by Crippen LogP contribution is -2.39. The van der Waals surface area contributed by atoms with Crippen LogP contribution in [0.3, 0.4) is 0 Å². The van der Waals surface area contributed by atoms with E-state index in [0.29, 0.717) is 13.1 Å². The predicted molar refractivity (Wildman–Crippen MR) is 58.7 cm³/mol. The number of nitrogens with one attached hydrogen (secondary N) is 1. The van der Waals surface area contributed by atoms with Crippen molar-refractivity contribution in [1.29, 1.82) is 0 Å². The molecule has 0 aromatic carbocycles. The van der Waals surface area contributed by atoms with E-state index in [2.05, 4.69) is 17.2 Å². The van der Waals surface area contributed by atoms with Crippen LogP contribution in [-0.4, -0.2) is 41.6 Å². The van der Waals surface area contributed by atoms with Gasteiger partial charge >= 0.3 is 12.0 Å². The Morgan fingerprint density at radius 1 is 1.50 bits per heavy atom. The summed E-state index contributed by atoms with van der Waals surface area (Å²) < 4.78 is 0. The van der Waals surface area contributed by atoms with Crippen molar-refractivity contribution in [3.05, 3.63) is 0 Å². The van der Waals surface area contributed by atoms with Gasteiger partial charge in [-0.2, -0.15) is 0 Å². The molecule has 5 heteroatoms. The summed E-state index contributed by atoms with van der Waals surface area (Å²) >= 11 is 0. The van der Waals surface area contributed by atoms with E-state index >= 15 is 0 Å². The van der Waals surface area contributed by atoms with E-state index in [4.69, 9.17) is 5.11 Å². The predicted octanol–water partition coefficient (Wildman–Crippen LogP) is 0.372. The second kappa shape index (κ2) is 5.40. The molecule has 0 unspecified atom stereocenters. The first-order valence-corrected chi connectivity index (χ1v) is 5.21. The lowest BCUT2D eigenvalue weighted by molar-refractivity contribution is -0.142. The molecule has 0 radical (unpaired) electrons. The van der Waals surface area contributed by atoms with Crippen molar-refractivity contribution in [1.82, 2.24) is 10.2 Å². The van der Waals surface area contributed by atoms with Crippen LogP contribution < -0.4 is 5.32 Å². The maximum absolute atomic E-state index is 11.6. The number of aliphatic carboxylic acids is 1. The van der Waals surface area contributed by atoms with Crippen LogP contribution in [-0.2, 0) is 4.79 Å². The molecule has 2 atom stereocenters. The lowest BCUT2D eigenvalue weighted by Gasteiger charge is -2.15. The molecular formula is C11H16N2O3. The molecule has 1 aliphatic heterocycles. The fraction of sp³-hybridized carbons (Fsp3) is 0.636. The minimum atomic E-state index is -0.837. The monoisotopic (exact) mass is 224 g/mol. The number of nitrogens with zero attached hydrogens (tertiary/aromatic N) is 1. The quantitative estimate of drug-likeness (QED) is 0.666. The van der Waals surface area contributed by atoms with Gasteiger partial charge in [0, 0.05) is 13.1 Å². The van der Waals surface area contributed by atoms with Crippen molar-refractivity contribution < 1.29 is 14.7 Å². The highest BCUT2D eigenvalue weighted by Crippen LogP contribution is 2.22. The number of carboxylic acid groups (broad SMARTS) is 1. The first-order chi connectivity index (χ1) is 7.56. The highest BCUT2D eigenvalue weighted by atomic mass is 16.4. The van der Waals surface area contributed by atoms with Crippen LogP contribution in [0.15, 0.2) is 0 Å². The van der Waals surface area contributed by atoms with Gasteiger partial charge in [0.1, 0.15) is 0 Å². The van der Waals surface area contributed by atoms with Gasteiger partial charge in [-0.15, -0.1) is 5.92 Å². The van der Waals surface area contributed by atoms with Gasteiger partial charge in [0.2, 0.25) is 0 Å². The summed E-state index contributed by atoms with van der Waals surface area (Å²) in [6.07, 6.45) is 0. The molecule has 5 nitrogen and oxygen atoms in total. The third-order valence-corrected chi connectivity index (χ3v) is 2.72. The fourth-order valence-corrected chi connectivity index (χ4v) is 1.77. The number of likely N-dealkylation sites (tertiary alicyclic amines) is 1. The maximum atomic E-state index is 11.6. The van der Waals surface area contributed by atoms with Crippen LogP contribution in [0, 0.1) is 23.7 Å². The summed E-state index contributed by atoms with van der Waals surface area (Å²) in [5.74, 6) is 4.10. The van der Waals surface area contributed by atoms with E-state index in [1.807, 2.05) is 6.92 Å². The number of urea groups is 1. The molecule has 0 bridgehead atoms. The van der Waals surface area contributed by atoms with E-state index in [1.54, 1.807) is 6.92 Å². The van der Waals surface area contributed by atoms with Gasteiger partial charge in [-0.1, -0.05) is 12.8 Å². The Balaban J connectivity index is 2.47. The van der Waals surface area contributed by atoms with Crippen molar-refractivity contribution in [2.45, 2.75) is 13.8 Å². The van der Waals surface area contributed by atoms with Crippen molar-refractivity contribution >= 4 is 12.0 Å². The average Bonchev–Trinajstić information content (AvgIpc) is 2.60. The van der Waals surface area contributed by atoms with Gasteiger partial charge in [-0.25, -0.2) is 4.79 Å². The molecule has 0 spiro atoms. The summed E-state index contributed by atoms with van der Waals surface area (Å²) in [6.45, 7) is 4.62. The van der Waals surface area contributed by atoms with Crippen LogP contribution in [0.5, 0.6) is 0 Å². The minimum absolute atomic E-state index is 0.000472. The van der Waals surface area contributed by atoms with E-state index in [9.17, 15) is 9.59 Å². The van der Waals surface area contributed by atoms with Gasteiger partial charge in [0.05, 0.1) is 12.5 Å². The van der Waals surface area contributed by atoms with E-state index in [-0.39, 0.29) is 18.5 Å². The Morgan fingerprint density at radius 2 is 2.19 bits per heavy atom. The normalized spacial score (nSPS) is 23.5. The fourth-order valence-electron chi connectivity index (χ4n) is 1.77. The molecular weight excluding hydrogens is 208 g/mol. The average molecular weight is 224 g/mol. The third-order valence-electron chi connectivity index (χ3n) is 2.72. The summed E-state index contributed by atoms with van der Waals surface area (Å²) in [5, 5.41) is 11.5. The Bertz CT molecular complexity index is 343. The van der Waals surface area contributed by atoms with Gasteiger partial charge < -0.3 is 15.3 Å². The Kier molecular flexibility index (Phi) is 4.18. The van der Waals surface area contributed by atoms with Gasteiger partial charge in [0.15, 0.2) is 0 Å². The van der Waals surface area contributed by atoms with Gasteiger partial charge in [-0.3, -0.25) is 4.79 Å². The van der Waals surface area contributed by atoms with Crippen LogP contribution in [0.2, 0.25) is 0 Å². The Hall–Kier alpha value is -1.70. The smallest absolute Gasteiger partial charge is 0.318 e. The molecule has 88 valence electrons. The SMILES string of the molecule is CC#CCNC(=O)N1C[C@@H](C)[C@H](C(=O)O)C1. The van der Waals surface area contributed by atoms with Gasteiger partial charge in [-0.05, 0) is 12.8 Å². The number of hydrogen-bond acceptors (Lipinski definition) is 2. The summed E-state index contributed by atoms with van der Waals surface area (Å²) in [7, 11) is 0. The Morgan fingerprint density at radius 3 is 2.69 bits per heavy atom. The number of hydrogen-bond donors (Lipinski definition) is 2. The van der Waals surface area contributed by atoms with Crippen LogP contribution in [0.4, 0.5) is 4.79 Å². The third kappa shape index (κ3) is 2.89. The topological polar surface area (TPSA) is 69.6 Å². The van der Waals surface area contributed by atoms with E-state index in [1.165, 1.54) is 4.90 Å². The minimum Gasteiger partial charge on any atom is -0.481 e. The van der Waals surface area contributed by atoms with Crippen LogP contribution in [0.1, 0.15) is 13.8 Å². The molecule has 0 saturated carbocycles. The van der Waals surface area contributed by atoms with Crippen molar-refractivity contribution in [2.24, 2.45) is 11.8 Å². The second-order valence-electron chi connectivity index (χ2n) is 3.91. The molecule has 0 aliphatic carbocycles. The molecule has 1 aliphatic rings. The lowest BCUT2D eigenvalue weighted by atomic mass is 9.99. The van der Waals surface area contributed by atoms with Gasteiger partial charge in [0.25, 0.3) is 0 Å². The molecule has 1 rings (SSSR count). The summed E-state index contributed by atoms with van der Waals surface area (Å²) in [6, 6.07) is -0.238. The molecule has 1 saturated heterocycles. The van der Waals surface area contributed by atoms with Crippen LogP contribution >= 0.6 is 0 Å². The zero-order valence-corrected chi connectivity index (χ0v) is 9.49.